The van der Waals surface area contributed by atoms with Crippen LogP contribution < -0.4 is 3.71 Å². The normalized spacial score (nSPS) is 12.1. The summed E-state index contributed by atoms with van der Waals surface area (Å²) < 4.78 is 59.3. The molecule has 3 aromatic carbocycles. The first-order valence-corrected chi connectivity index (χ1v) is 15.2. The minimum absolute atomic E-state index is 0.0778. The number of rotatable bonds is 8. The molecule has 0 saturated heterocycles. The van der Waals surface area contributed by atoms with Gasteiger partial charge in [-0.25, -0.2) is 4.98 Å². The second-order valence-corrected chi connectivity index (χ2v) is 12.6. The fraction of sp³-hybridized carbons (Fsp3) is 0.138. The van der Waals surface area contributed by atoms with Crippen molar-refractivity contribution in [3.05, 3.63) is 114 Å². The van der Waals surface area contributed by atoms with E-state index in [2.05, 4.69) is 4.98 Å². The molecular formula is C29H27N3O4S2. The standard InChI is InChI=1S/C29H27N3O4S2/c1-3-22-13-17-25(18-14-22)37(33,34)32(38(35,36)26-19-15-23(4-2)16-20-26)29-28(24-10-6-5-7-11-24)30-27-12-8-9-21-31(27)29/h5-21H,3-4H2,1-2H3. The van der Waals surface area contributed by atoms with Crippen molar-refractivity contribution in [2.75, 3.05) is 3.71 Å². The highest BCUT2D eigenvalue weighted by Crippen LogP contribution is 2.38. The predicted octanol–water partition coefficient (Wildman–Crippen LogP) is 5.71. The van der Waals surface area contributed by atoms with Gasteiger partial charge in [0.1, 0.15) is 11.3 Å². The molecule has 7 nitrogen and oxygen atoms in total. The van der Waals surface area contributed by atoms with Gasteiger partial charge in [-0.05, 0) is 60.4 Å². The molecule has 0 aliphatic carbocycles. The summed E-state index contributed by atoms with van der Waals surface area (Å²) in [5, 5.41) is 0. The Morgan fingerprint density at radius 2 is 1.16 bits per heavy atom. The highest BCUT2D eigenvalue weighted by Gasteiger charge is 2.41. The number of aromatic nitrogens is 2. The van der Waals surface area contributed by atoms with Gasteiger partial charge in [-0.15, -0.1) is 3.71 Å². The second-order valence-electron chi connectivity index (χ2n) is 8.78. The van der Waals surface area contributed by atoms with Crippen LogP contribution in [0.15, 0.2) is 113 Å². The van der Waals surface area contributed by atoms with Crippen LogP contribution in [0.1, 0.15) is 25.0 Å². The zero-order valence-electron chi connectivity index (χ0n) is 21.0. The molecule has 0 fully saturated rings. The van der Waals surface area contributed by atoms with Crippen molar-refractivity contribution in [3.63, 3.8) is 0 Å². The average molecular weight is 546 g/mol. The highest BCUT2D eigenvalue weighted by atomic mass is 32.3. The summed E-state index contributed by atoms with van der Waals surface area (Å²) in [6, 6.07) is 26.7. The molecule has 0 bridgehead atoms. The zero-order chi connectivity index (χ0) is 26.9. The Morgan fingerprint density at radius 1 is 0.658 bits per heavy atom. The number of benzene rings is 3. The summed E-state index contributed by atoms with van der Waals surface area (Å²) in [5.74, 6) is -0.0778. The van der Waals surface area contributed by atoms with Crippen LogP contribution >= 0.6 is 0 Å². The van der Waals surface area contributed by atoms with Gasteiger partial charge >= 0.3 is 0 Å². The number of pyridine rings is 1. The Balaban J connectivity index is 1.85. The number of fused-ring (bicyclic) bond motifs is 1. The van der Waals surface area contributed by atoms with Gasteiger partial charge in [0.05, 0.1) is 9.79 Å². The third-order valence-corrected chi connectivity index (χ3v) is 10.6. The summed E-state index contributed by atoms with van der Waals surface area (Å²) in [5.41, 5.74) is 3.12. The summed E-state index contributed by atoms with van der Waals surface area (Å²) in [6.45, 7) is 3.93. The lowest BCUT2D eigenvalue weighted by atomic mass is 10.1. The van der Waals surface area contributed by atoms with Crippen molar-refractivity contribution in [3.8, 4) is 11.3 Å². The maximum atomic E-state index is 14.3. The lowest BCUT2D eigenvalue weighted by Gasteiger charge is -2.25. The zero-order valence-corrected chi connectivity index (χ0v) is 22.7. The molecule has 0 aliphatic rings. The summed E-state index contributed by atoms with van der Waals surface area (Å²) in [6.07, 6.45) is 3.05. The van der Waals surface area contributed by atoms with Crippen molar-refractivity contribution < 1.29 is 16.8 Å². The largest absolute Gasteiger partial charge is 0.284 e. The predicted molar refractivity (Wildman–Crippen MR) is 149 cm³/mol. The molecule has 0 spiro atoms. The number of anilines is 1. The van der Waals surface area contributed by atoms with Crippen LogP contribution in [0.5, 0.6) is 0 Å². The topological polar surface area (TPSA) is 88.8 Å². The number of hydrogen-bond acceptors (Lipinski definition) is 5. The smallest absolute Gasteiger partial charge is 0.279 e. The second kappa shape index (κ2) is 10.1. The van der Waals surface area contributed by atoms with E-state index in [1.165, 1.54) is 28.7 Å². The van der Waals surface area contributed by atoms with E-state index in [4.69, 9.17) is 0 Å². The molecule has 38 heavy (non-hydrogen) atoms. The van der Waals surface area contributed by atoms with Gasteiger partial charge in [0.25, 0.3) is 20.0 Å². The van der Waals surface area contributed by atoms with Gasteiger partial charge in [-0.2, -0.15) is 16.8 Å². The molecule has 0 atom stereocenters. The maximum Gasteiger partial charge on any atom is 0.279 e. The van der Waals surface area contributed by atoms with E-state index < -0.39 is 20.0 Å². The number of hydrogen-bond donors (Lipinski definition) is 0. The van der Waals surface area contributed by atoms with E-state index in [1.54, 1.807) is 72.9 Å². The Morgan fingerprint density at radius 3 is 1.66 bits per heavy atom. The third-order valence-electron chi connectivity index (χ3n) is 6.42. The molecule has 0 N–H and O–H groups in total. The van der Waals surface area contributed by atoms with E-state index in [0.29, 0.717) is 14.9 Å². The summed E-state index contributed by atoms with van der Waals surface area (Å²) in [4.78, 5) is 4.40. The third kappa shape index (κ3) is 4.48. The molecule has 194 valence electrons. The van der Waals surface area contributed by atoms with E-state index in [1.807, 2.05) is 19.9 Å². The molecular weight excluding hydrogens is 518 g/mol. The van der Waals surface area contributed by atoms with Crippen molar-refractivity contribution >= 4 is 31.5 Å². The van der Waals surface area contributed by atoms with Gasteiger partial charge in [0.2, 0.25) is 0 Å². The molecule has 0 radical (unpaired) electrons. The molecule has 5 rings (SSSR count). The van der Waals surface area contributed by atoms with Crippen molar-refractivity contribution in [2.45, 2.75) is 36.5 Å². The van der Waals surface area contributed by atoms with Crippen LogP contribution in [0.2, 0.25) is 0 Å². The number of nitrogens with zero attached hydrogens (tertiary/aromatic N) is 3. The Labute approximate surface area is 223 Å². The van der Waals surface area contributed by atoms with E-state index >= 15 is 0 Å². The van der Waals surface area contributed by atoms with E-state index in [9.17, 15) is 16.8 Å². The Bertz CT molecular complexity index is 1720. The minimum atomic E-state index is -4.61. The SMILES string of the molecule is CCc1ccc(S(=O)(=O)N(c2c(-c3ccccc3)nc3ccccn23)S(=O)(=O)c2ccc(CC)cc2)cc1. The quantitative estimate of drug-likeness (QED) is 0.249. The van der Waals surface area contributed by atoms with Crippen LogP contribution in [-0.2, 0) is 32.9 Å². The van der Waals surface area contributed by atoms with Crippen molar-refractivity contribution in [2.24, 2.45) is 0 Å². The average Bonchev–Trinajstić information content (AvgIpc) is 3.32. The molecule has 2 heterocycles. The number of aryl methyl sites for hydroxylation is 2. The minimum Gasteiger partial charge on any atom is -0.284 e. The van der Waals surface area contributed by atoms with E-state index in [-0.39, 0.29) is 21.3 Å². The van der Waals surface area contributed by atoms with Crippen LogP contribution in [-0.4, -0.2) is 26.2 Å². The first-order chi connectivity index (χ1) is 18.3. The Kier molecular flexibility index (Phi) is 6.81. The van der Waals surface area contributed by atoms with Crippen LogP contribution in [0, 0.1) is 0 Å². The van der Waals surface area contributed by atoms with Crippen LogP contribution in [0.3, 0.4) is 0 Å². The molecule has 2 aromatic heterocycles. The fourth-order valence-corrected chi connectivity index (χ4v) is 7.99. The van der Waals surface area contributed by atoms with Gasteiger partial charge in [-0.3, -0.25) is 4.40 Å². The first kappa shape index (κ1) is 25.7. The van der Waals surface area contributed by atoms with Crippen molar-refractivity contribution in [1.82, 2.24) is 9.38 Å². The van der Waals surface area contributed by atoms with Gasteiger partial charge < -0.3 is 0 Å². The first-order valence-electron chi connectivity index (χ1n) is 12.3. The lowest BCUT2D eigenvalue weighted by Crippen LogP contribution is -2.38. The summed E-state index contributed by atoms with van der Waals surface area (Å²) >= 11 is 0. The number of imidazole rings is 1. The van der Waals surface area contributed by atoms with E-state index in [0.717, 1.165) is 24.0 Å². The molecule has 0 saturated carbocycles. The molecule has 0 unspecified atom stereocenters. The lowest BCUT2D eigenvalue weighted by molar-refractivity contribution is 0.583. The molecule has 5 aromatic rings. The highest BCUT2D eigenvalue weighted by molar-refractivity contribution is 8.10. The molecule has 0 amide bonds. The Hall–Kier alpha value is -3.95. The van der Waals surface area contributed by atoms with Gasteiger partial charge in [0.15, 0.2) is 5.82 Å². The van der Waals surface area contributed by atoms with Crippen molar-refractivity contribution in [1.29, 1.82) is 0 Å². The van der Waals surface area contributed by atoms with Crippen LogP contribution in [0.4, 0.5) is 5.82 Å². The monoisotopic (exact) mass is 545 g/mol. The fourth-order valence-electron chi connectivity index (χ4n) is 4.29. The molecule has 0 aliphatic heterocycles. The maximum absolute atomic E-state index is 14.3. The summed E-state index contributed by atoms with van der Waals surface area (Å²) in [7, 11) is -9.22. The number of sulfonamides is 2. The van der Waals surface area contributed by atoms with Gasteiger partial charge in [-0.1, -0.05) is 74.5 Å². The van der Waals surface area contributed by atoms with Crippen LogP contribution in [0.25, 0.3) is 16.9 Å². The molecule has 9 heteroatoms. The van der Waals surface area contributed by atoms with Gasteiger partial charge in [0, 0.05) is 11.8 Å².